The van der Waals surface area contributed by atoms with Gasteiger partial charge in [-0.3, -0.25) is 0 Å². The van der Waals surface area contributed by atoms with Gasteiger partial charge in [-0.25, -0.2) is 13.1 Å². The van der Waals surface area contributed by atoms with Gasteiger partial charge in [-0.15, -0.1) is 11.3 Å². The Morgan fingerprint density at radius 1 is 1.38 bits per heavy atom. The summed E-state index contributed by atoms with van der Waals surface area (Å²) in [4.78, 5) is 2.39. The van der Waals surface area contributed by atoms with E-state index in [0.717, 1.165) is 41.6 Å². The predicted molar refractivity (Wildman–Crippen MR) is 88.1 cm³/mol. The standard InChI is InChI=1S/C15H26N2O2S2/c1-4-16-10-14-8-15(12(3)20-14)21(18,19)17-9-13-6-5-11(2)7-13/h8,11,13,16-17H,4-7,9-10H2,1-3H3. The average molecular weight is 331 g/mol. The Balaban J connectivity index is 2.00. The highest BCUT2D eigenvalue weighted by atomic mass is 32.2. The van der Waals surface area contributed by atoms with Crippen LogP contribution >= 0.6 is 11.3 Å². The molecule has 0 aromatic carbocycles. The second kappa shape index (κ2) is 7.22. The van der Waals surface area contributed by atoms with E-state index < -0.39 is 10.0 Å². The van der Waals surface area contributed by atoms with Crippen molar-refractivity contribution in [3.05, 3.63) is 15.8 Å². The number of nitrogens with one attached hydrogen (secondary N) is 2. The third-order valence-electron chi connectivity index (χ3n) is 4.13. The van der Waals surface area contributed by atoms with Crippen molar-refractivity contribution in [2.75, 3.05) is 13.1 Å². The molecule has 1 heterocycles. The van der Waals surface area contributed by atoms with Gasteiger partial charge in [0.15, 0.2) is 0 Å². The molecule has 21 heavy (non-hydrogen) atoms. The Bertz CT molecular complexity index is 566. The summed E-state index contributed by atoms with van der Waals surface area (Å²) < 4.78 is 27.7. The molecule has 1 fully saturated rings. The van der Waals surface area contributed by atoms with Gasteiger partial charge in [0, 0.05) is 22.8 Å². The molecule has 1 aromatic rings. The Morgan fingerprint density at radius 2 is 2.14 bits per heavy atom. The Hall–Kier alpha value is -0.430. The van der Waals surface area contributed by atoms with E-state index in [-0.39, 0.29) is 0 Å². The first kappa shape index (κ1) is 16.9. The summed E-state index contributed by atoms with van der Waals surface area (Å²) in [7, 11) is -3.37. The third-order valence-corrected chi connectivity index (χ3v) is 6.86. The summed E-state index contributed by atoms with van der Waals surface area (Å²) in [5.74, 6) is 1.23. The Kier molecular flexibility index (Phi) is 5.82. The summed E-state index contributed by atoms with van der Waals surface area (Å²) in [5, 5.41) is 3.23. The van der Waals surface area contributed by atoms with E-state index in [0.29, 0.717) is 17.4 Å². The SMILES string of the molecule is CCNCc1cc(S(=O)(=O)NCC2CCC(C)C2)c(C)s1. The van der Waals surface area contributed by atoms with Gasteiger partial charge in [0.2, 0.25) is 10.0 Å². The minimum atomic E-state index is -3.37. The quantitative estimate of drug-likeness (QED) is 0.808. The molecule has 0 bridgehead atoms. The maximum Gasteiger partial charge on any atom is 0.241 e. The molecule has 0 amide bonds. The van der Waals surface area contributed by atoms with Crippen LogP contribution in [-0.4, -0.2) is 21.5 Å². The molecule has 1 aromatic heterocycles. The van der Waals surface area contributed by atoms with E-state index in [1.165, 1.54) is 6.42 Å². The summed E-state index contributed by atoms with van der Waals surface area (Å²) >= 11 is 1.56. The fraction of sp³-hybridized carbons (Fsp3) is 0.733. The zero-order valence-corrected chi connectivity index (χ0v) is 14.7. The molecule has 1 aliphatic rings. The molecule has 2 rings (SSSR count). The second-order valence-electron chi connectivity index (χ2n) is 6.05. The second-order valence-corrected chi connectivity index (χ2v) is 9.13. The maximum atomic E-state index is 12.5. The van der Waals surface area contributed by atoms with E-state index >= 15 is 0 Å². The zero-order valence-electron chi connectivity index (χ0n) is 13.1. The molecule has 1 aliphatic carbocycles. The molecule has 0 aliphatic heterocycles. The maximum absolute atomic E-state index is 12.5. The van der Waals surface area contributed by atoms with Crippen LogP contribution in [0.15, 0.2) is 11.0 Å². The summed E-state index contributed by atoms with van der Waals surface area (Å²) in [5.41, 5.74) is 0. The first-order valence-corrected chi connectivity index (χ1v) is 10.0. The number of rotatable bonds is 7. The number of thiophene rings is 1. The van der Waals surface area contributed by atoms with E-state index in [4.69, 9.17) is 0 Å². The van der Waals surface area contributed by atoms with E-state index in [9.17, 15) is 8.42 Å². The minimum absolute atomic E-state index is 0.450. The van der Waals surface area contributed by atoms with Gasteiger partial charge in [-0.1, -0.05) is 20.3 Å². The van der Waals surface area contributed by atoms with Crippen molar-refractivity contribution in [1.82, 2.24) is 10.0 Å². The largest absolute Gasteiger partial charge is 0.312 e. The van der Waals surface area contributed by atoms with Crippen LogP contribution in [0.5, 0.6) is 0 Å². The van der Waals surface area contributed by atoms with Crippen LogP contribution in [0.4, 0.5) is 0 Å². The molecule has 0 saturated heterocycles. The highest BCUT2D eigenvalue weighted by Gasteiger charge is 2.25. The van der Waals surface area contributed by atoms with Crippen LogP contribution in [0.25, 0.3) is 0 Å². The van der Waals surface area contributed by atoms with Gasteiger partial charge in [0.05, 0.1) is 4.90 Å². The molecule has 0 spiro atoms. The van der Waals surface area contributed by atoms with Crippen molar-refractivity contribution in [3.8, 4) is 0 Å². The molecule has 2 unspecified atom stereocenters. The van der Waals surface area contributed by atoms with Crippen molar-refractivity contribution in [1.29, 1.82) is 0 Å². The smallest absolute Gasteiger partial charge is 0.241 e. The topological polar surface area (TPSA) is 58.2 Å². The van der Waals surface area contributed by atoms with Crippen LogP contribution < -0.4 is 10.0 Å². The lowest BCUT2D eigenvalue weighted by Crippen LogP contribution is -2.28. The molecule has 1 saturated carbocycles. The summed E-state index contributed by atoms with van der Waals surface area (Å²) in [6, 6.07) is 1.81. The van der Waals surface area contributed by atoms with E-state index in [2.05, 4.69) is 17.0 Å². The van der Waals surface area contributed by atoms with Gasteiger partial charge >= 0.3 is 0 Å². The van der Waals surface area contributed by atoms with Crippen LogP contribution in [0.2, 0.25) is 0 Å². The van der Waals surface area contributed by atoms with Gasteiger partial charge in [-0.2, -0.15) is 0 Å². The highest BCUT2D eigenvalue weighted by molar-refractivity contribution is 7.89. The fourth-order valence-corrected chi connectivity index (χ4v) is 5.66. The molecular formula is C15H26N2O2S2. The lowest BCUT2D eigenvalue weighted by Gasteiger charge is -2.11. The molecule has 120 valence electrons. The van der Waals surface area contributed by atoms with Gasteiger partial charge in [-0.05, 0) is 44.2 Å². The number of aryl methyl sites for hydroxylation is 1. The Morgan fingerprint density at radius 3 is 2.76 bits per heavy atom. The van der Waals surface area contributed by atoms with Gasteiger partial charge in [0.1, 0.15) is 0 Å². The summed E-state index contributed by atoms with van der Waals surface area (Å²) in [6.07, 6.45) is 3.49. The predicted octanol–water partition coefficient (Wildman–Crippen LogP) is 2.88. The van der Waals surface area contributed by atoms with Crippen molar-refractivity contribution < 1.29 is 8.42 Å². The molecule has 4 nitrogen and oxygen atoms in total. The van der Waals surface area contributed by atoms with Crippen molar-refractivity contribution in [3.63, 3.8) is 0 Å². The van der Waals surface area contributed by atoms with Crippen LogP contribution in [0.3, 0.4) is 0 Å². The van der Waals surface area contributed by atoms with Crippen LogP contribution in [-0.2, 0) is 16.6 Å². The third kappa shape index (κ3) is 4.52. The monoisotopic (exact) mass is 330 g/mol. The first-order valence-electron chi connectivity index (χ1n) is 7.72. The average Bonchev–Trinajstić information content (AvgIpc) is 3.00. The Labute approximate surface area is 132 Å². The number of sulfonamides is 1. The molecular weight excluding hydrogens is 304 g/mol. The zero-order chi connectivity index (χ0) is 15.5. The lowest BCUT2D eigenvalue weighted by atomic mass is 10.1. The minimum Gasteiger partial charge on any atom is -0.312 e. The van der Waals surface area contributed by atoms with Gasteiger partial charge < -0.3 is 5.32 Å². The van der Waals surface area contributed by atoms with Crippen molar-refractivity contribution in [2.45, 2.75) is 51.5 Å². The molecule has 6 heteroatoms. The fourth-order valence-electron chi connectivity index (χ4n) is 2.94. The lowest BCUT2D eigenvalue weighted by molar-refractivity contribution is 0.498. The normalized spacial score (nSPS) is 22.8. The number of hydrogen-bond acceptors (Lipinski definition) is 4. The molecule has 2 atom stereocenters. The number of hydrogen-bond donors (Lipinski definition) is 2. The molecule has 0 radical (unpaired) electrons. The van der Waals surface area contributed by atoms with E-state index in [1.54, 1.807) is 11.3 Å². The van der Waals surface area contributed by atoms with Crippen LogP contribution in [0, 0.1) is 18.8 Å². The van der Waals surface area contributed by atoms with Crippen molar-refractivity contribution in [2.24, 2.45) is 11.8 Å². The van der Waals surface area contributed by atoms with Gasteiger partial charge in [0.25, 0.3) is 0 Å². The van der Waals surface area contributed by atoms with Crippen molar-refractivity contribution >= 4 is 21.4 Å². The highest BCUT2D eigenvalue weighted by Crippen LogP contribution is 2.30. The molecule has 2 N–H and O–H groups in total. The van der Waals surface area contributed by atoms with Crippen LogP contribution in [0.1, 0.15) is 42.9 Å². The van der Waals surface area contributed by atoms with E-state index in [1.807, 2.05) is 19.9 Å². The summed E-state index contributed by atoms with van der Waals surface area (Å²) in [6.45, 7) is 8.36. The first-order chi connectivity index (χ1) is 9.92.